The first-order valence-corrected chi connectivity index (χ1v) is 9.59. The van der Waals surface area contributed by atoms with Crippen LogP contribution in [0.4, 0.5) is 15.8 Å². The molecule has 3 rings (SSSR count). The molecule has 150 valence electrons. The lowest BCUT2D eigenvalue weighted by Gasteiger charge is -2.21. The van der Waals surface area contributed by atoms with Gasteiger partial charge in [0, 0.05) is 31.0 Å². The molecule has 1 aliphatic rings. The fourth-order valence-electron chi connectivity index (χ4n) is 3.36. The number of carbonyl (C=O) groups excluding carboxylic acids is 2. The van der Waals surface area contributed by atoms with Gasteiger partial charge >= 0.3 is 0 Å². The molecule has 1 aliphatic heterocycles. The van der Waals surface area contributed by atoms with E-state index in [0.29, 0.717) is 11.3 Å². The molecule has 0 radical (unpaired) electrons. The summed E-state index contributed by atoms with van der Waals surface area (Å²) in [4.78, 5) is 29.1. The van der Waals surface area contributed by atoms with E-state index in [2.05, 4.69) is 30.6 Å². The van der Waals surface area contributed by atoms with Crippen molar-refractivity contribution in [2.75, 3.05) is 29.9 Å². The Labute approximate surface area is 170 Å². The SMILES string of the molecule is C=CCN1C(=O)C(Nc2ccc(N(CC)CC)cc2)=C(c2ccc(F)cc2)C1=O. The molecular formula is C23H24FN3O2. The number of halogens is 1. The van der Waals surface area contributed by atoms with Crippen LogP contribution in [0.2, 0.25) is 0 Å². The second kappa shape index (κ2) is 8.73. The molecule has 1 N–H and O–H groups in total. The van der Waals surface area contributed by atoms with Crippen molar-refractivity contribution >= 4 is 28.8 Å². The van der Waals surface area contributed by atoms with E-state index in [1.807, 2.05) is 24.3 Å². The lowest BCUT2D eigenvalue weighted by Crippen LogP contribution is -2.32. The molecule has 6 heteroatoms. The third kappa shape index (κ3) is 4.06. The standard InChI is InChI=1S/C23H24FN3O2/c1-4-15-27-22(28)20(16-7-9-17(24)10-8-16)21(23(27)29)25-18-11-13-19(14-12-18)26(5-2)6-3/h4,7-14,25H,1,5-6,15H2,2-3H3. The van der Waals surface area contributed by atoms with Gasteiger partial charge in [0.25, 0.3) is 11.8 Å². The van der Waals surface area contributed by atoms with Gasteiger partial charge in [-0.25, -0.2) is 4.39 Å². The molecule has 0 aliphatic carbocycles. The number of amides is 2. The van der Waals surface area contributed by atoms with Gasteiger partial charge in [-0.05, 0) is 55.8 Å². The molecule has 0 spiro atoms. The number of benzene rings is 2. The first-order chi connectivity index (χ1) is 14.0. The second-order valence-electron chi connectivity index (χ2n) is 6.61. The van der Waals surface area contributed by atoms with Gasteiger partial charge in [-0.15, -0.1) is 6.58 Å². The summed E-state index contributed by atoms with van der Waals surface area (Å²) in [5, 5.41) is 3.10. The van der Waals surface area contributed by atoms with Gasteiger partial charge in [-0.2, -0.15) is 0 Å². The highest BCUT2D eigenvalue weighted by Gasteiger charge is 2.38. The van der Waals surface area contributed by atoms with Crippen molar-refractivity contribution in [1.29, 1.82) is 0 Å². The molecule has 29 heavy (non-hydrogen) atoms. The van der Waals surface area contributed by atoms with E-state index in [0.717, 1.165) is 23.7 Å². The summed E-state index contributed by atoms with van der Waals surface area (Å²) in [6, 6.07) is 13.2. The number of hydrogen-bond acceptors (Lipinski definition) is 4. The lowest BCUT2D eigenvalue weighted by atomic mass is 10.0. The molecule has 0 atom stereocenters. The van der Waals surface area contributed by atoms with E-state index in [9.17, 15) is 14.0 Å². The van der Waals surface area contributed by atoms with Gasteiger partial charge in [0.2, 0.25) is 0 Å². The third-order valence-electron chi connectivity index (χ3n) is 4.88. The predicted molar refractivity (Wildman–Crippen MR) is 114 cm³/mol. The van der Waals surface area contributed by atoms with Crippen LogP contribution in [0.25, 0.3) is 5.57 Å². The average Bonchev–Trinajstić information content (AvgIpc) is 2.95. The van der Waals surface area contributed by atoms with Crippen molar-refractivity contribution in [2.24, 2.45) is 0 Å². The molecule has 0 fully saturated rings. The van der Waals surface area contributed by atoms with Crippen LogP contribution in [0, 0.1) is 5.82 Å². The number of anilines is 2. The molecule has 2 aromatic carbocycles. The van der Waals surface area contributed by atoms with E-state index in [1.54, 1.807) is 0 Å². The van der Waals surface area contributed by atoms with E-state index < -0.39 is 17.6 Å². The van der Waals surface area contributed by atoms with Gasteiger partial charge in [-0.3, -0.25) is 14.5 Å². The Bertz CT molecular complexity index is 945. The fraction of sp³-hybridized carbons (Fsp3) is 0.217. The van der Waals surface area contributed by atoms with Gasteiger partial charge in [0.1, 0.15) is 11.5 Å². The molecular weight excluding hydrogens is 369 g/mol. The first-order valence-electron chi connectivity index (χ1n) is 9.59. The normalized spacial score (nSPS) is 13.8. The summed E-state index contributed by atoms with van der Waals surface area (Å²) in [7, 11) is 0. The Morgan fingerprint density at radius 2 is 1.62 bits per heavy atom. The highest BCUT2D eigenvalue weighted by atomic mass is 19.1. The maximum absolute atomic E-state index is 13.3. The second-order valence-corrected chi connectivity index (χ2v) is 6.61. The van der Waals surface area contributed by atoms with Gasteiger partial charge in [0.15, 0.2) is 0 Å². The van der Waals surface area contributed by atoms with E-state index in [1.165, 1.54) is 30.3 Å². The largest absolute Gasteiger partial charge is 0.372 e. The van der Waals surface area contributed by atoms with Crippen molar-refractivity contribution < 1.29 is 14.0 Å². The molecule has 1 heterocycles. The Morgan fingerprint density at radius 3 is 2.17 bits per heavy atom. The summed E-state index contributed by atoms with van der Waals surface area (Å²) in [5.74, 6) is -1.26. The Balaban J connectivity index is 1.98. The monoisotopic (exact) mass is 393 g/mol. The van der Waals surface area contributed by atoms with Crippen LogP contribution >= 0.6 is 0 Å². The highest BCUT2D eigenvalue weighted by Crippen LogP contribution is 2.31. The molecule has 0 saturated carbocycles. The topological polar surface area (TPSA) is 52.7 Å². The van der Waals surface area contributed by atoms with Crippen molar-refractivity contribution in [3.05, 3.63) is 78.3 Å². The van der Waals surface area contributed by atoms with Gasteiger partial charge in [0.05, 0.1) is 5.57 Å². The number of nitrogens with one attached hydrogen (secondary N) is 1. The zero-order chi connectivity index (χ0) is 21.0. The summed E-state index contributed by atoms with van der Waals surface area (Å²) < 4.78 is 13.3. The Morgan fingerprint density at radius 1 is 1.00 bits per heavy atom. The van der Waals surface area contributed by atoms with Crippen molar-refractivity contribution in [3.8, 4) is 0 Å². The minimum Gasteiger partial charge on any atom is -0.372 e. The predicted octanol–water partition coefficient (Wildman–Crippen LogP) is 4.05. The van der Waals surface area contributed by atoms with Gasteiger partial charge < -0.3 is 10.2 Å². The van der Waals surface area contributed by atoms with E-state index in [-0.39, 0.29) is 17.8 Å². The lowest BCUT2D eigenvalue weighted by molar-refractivity contribution is -0.136. The fourth-order valence-corrected chi connectivity index (χ4v) is 3.36. The molecule has 0 aromatic heterocycles. The molecule has 2 aromatic rings. The van der Waals surface area contributed by atoms with E-state index >= 15 is 0 Å². The van der Waals surface area contributed by atoms with Crippen LogP contribution in [0.5, 0.6) is 0 Å². The average molecular weight is 393 g/mol. The highest BCUT2D eigenvalue weighted by molar-refractivity contribution is 6.36. The van der Waals surface area contributed by atoms with Crippen LogP contribution < -0.4 is 10.2 Å². The van der Waals surface area contributed by atoms with Crippen molar-refractivity contribution in [1.82, 2.24) is 4.90 Å². The molecule has 0 saturated heterocycles. The summed E-state index contributed by atoms with van der Waals surface area (Å²) in [6.07, 6.45) is 1.50. The zero-order valence-corrected chi connectivity index (χ0v) is 16.6. The van der Waals surface area contributed by atoms with Gasteiger partial charge in [-0.1, -0.05) is 18.2 Å². The molecule has 5 nitrogen and oxygen atoms in total. The maximum atomic E-state index is 13.3. The van der Waals surface area contributed by atoms with Crippen LogP contribution in [-0.2, 0) is 9.59 Å². The Hall–Kier alpha value is -3.41. The molecule has 0 bridgehead atoms. The zero-order valence-electron chi connectivity index (χ0n) is 16.6. The van der Waals surface area contributed by atoms with Crippen molar-refractivity contribution in [3.63, 3.8) is 0 Å². The molecule has 2 amide bonds. The number of imide groups is 1. The number of rotatable bonds is 8. The number of hydrogen-bond donors (Lipinski definition) is 1. The maximum Gasteiger partial charge on any atom is 0.278 e. The summed E-state index contributed by atoms with van der Waals surface area (Å²) >= 11 is 0. The Kier molecular flexibility index (Phi) is 6.12. The minimum atomic E-state index is -0.429. The van der Waals surface area contributed by atoms with Crippen LogP contribution in [-0.4, -0.2) is 36.3 Å². The van der Waals surface area contributed by atoms with E-state index in [4.69, 9.17) is 0 Å². The quantitative estimate of drug-likeness (QED) is 0.543. The first kappa shape index (κ1) is 20.3. The summed E-state index contributed by atoms with van der Waals surface area (Å²) in [6.45, 7) is 9.69. The third-order valence-corrected chi connectivity index (χ3v) is 4.88. The summed E-state index contributed by atoms with van der Waals surface area (Å²) in [5.41, 5.74) is 2.66. The smallest absolute Gasteiger partial charge is 0.278 e. The van der Waals surface area contributed by atoms with Crippen LogP contribution in [0.1, 0.15) is 19.4 Å². The molecule has 0 unspecified atom stereocenters. The number of carbonyl (C=O) groups is 2. The van der Waals surface area contributed by atoms with Crippen LogP contribution in [0.3, 0.4) is 0 Å². The number of nitrogens with zero attached hydrogens (tertiary/aromatic N) is 2. The minimum absolute atomic E-state index is 0.106. The van der Waals surface area contributed by atoms with Crippen LogP contribution in [0.15, 0.2) is 66.9 Å². The van der Waals surface area contributed by atoms with Crippen molar-refractivity contribution in [2.45, 2.75) is 13.8 Å².